The number of rotatable bonds is 9. The van der Waals surface area contributed by atoms with Crippen LogP contribution in [0.4, 0.5) is 33.1 Å². The molecule has 10 nitrogen and oxygen atoms in total. The van der Waals surface area contributed by atoms with Crippen molar-refractivity contribution < 1.29 is 22.4 Å². The number of carbonyl (C=O) groups is 1. The standard InChI is InChI=1S/C21H22ClFN6O4S/c1-4-33-28-21(30)14-12-24-20(27-19-7-5-6-18(23)26-19)11-16(14)25-15-9-8-13(22)10-17(15)29(2)34(3,31)32/h5-12H,4H2,1-3H3,(H,28,30)(H2,24,25,26,27). The van der Waals surface area contributed by atoms with Gasteiger partial charge in [0.2, 0.25) is 16.0 Å². The molecule has 2 heterocycles. The zero-order chi connectivity index (χ0) is 24.9. The van der Waals surface area contributed by atoms with Crippen LogP contribution >= 0.6 is 11.6 Å². The number of benzene rings is 1. The highest BCUT2D eigenvalue weighted by atomic mass is 35.5. The summed E-state index contributed by atoms with van der Waals surface area (Å²) in [6, 6.07) is 10.3. The van der Waals surface area contributed by atoms with Crippen molar-refractivity contribution in [2.24, 2.45) is 0 Å². The number of hydrogen-bond acceptors (Lipinski definition) is 8. The van der Waals surface area contributed by atoms with Crippen molar-refractivity contribution in [1.82, 2.24) is 15.4 Å². The highest BCUT2D eigenvalue weighted by Gasteiger charge is 2.20. The molecular weight excluding hydrogens is 487 g/mol. The maximum atomic E-state index is 13.5. The van der Waals surface area contributed by atoms with Gasteiger partial charge in [0.05, 0.1) is 35.5 Å². The highest BCUT2D eigenvalue weighted by Crippen LogP contribution is 2.34. The molecule has 3 aromatic rings. The Bertz CT molecular complexity index is 1310. The lowest BCUT2D eigenvalue weighted by Crippen LogP contribution is -2.26. The third-order valence-corrected chi connectivity index (χ3v) is 5.92. The molecule has 13 heteroatoms. The Morgan fingerprint density at radius 1 is 1.15 bits per heavy atom. The van der Waals surface area contributed by atoms with E-state index in [0.717, 1.165) is 10.6 Å². The molecule has 3 rings (SSSR count). The summed E-state index contributed by atoms with van der Waals surface area (Å²) in [5.41, 5.74) is 3.26. The normalized spacial score (nSPS) is 11.1. The number of aromatic nitrogens is 2. The number of halogens is 2. The average Bonchev–Trinajstić information content (AvgIpc) is 2.77. The van der Waals surface area contributed by atoms with Gasteiger partial charge in [0, 0.05) is 24.3 Å². The molecule has 0 aliphatic rings. The zero-order valence-electron chi connectivity index (χ0n) is 18.5. The van der Waals surface area contributed by atoms with Gasteiger partial charge in [0.15, 0.2) is 0 Å². The first-order valence-corrected chi connectivity index (χ1v) is 12.1. The van der Waals surface area contributed by atoms with Crippen LogP contribution < -0.4 is 20.4 Å². The van der Waals surface area contributed by atoms with E-state index in [1.54, 1.807) is 25.1 Å². The first kappa shape index (κ1) is 25.1. The van der Waals surface area contributed by atoms with Crippen molar-refractivity contribution in [2.45, 2.75) is 6.92 Å². The minimum Gasteiger partial charge on any atom is -0.353 e. The predicted octanol–water partition coefficient (Wildman–Crippen LogP) is 3.83. The van der Waals surface area contributed by atoms with Gasteiger partial charge in [-0.3, -0.25) is 13.9 Å². The summed E-state index contributed by atoms with van der Waals surface area (Å²) in [6.07, 6.45) is 2.34. The lowest BCUT2D eigenvalue weighted by molar-refractivity contribution is 0.0365. The van der Waals surface area contributed by atoms with Gasteiger partial charge in [0.25, 0.3) is 5.91 Å². The molecule has 0 unspecified atom stereocenters. The fraction of sp³-hybridized carbons (Fsp3) is 0.190. The lowest BCUT2D eigenvalue weighted by Gasteiger charge is -2.22. The summed E-state index contributed by atoms with van der Waals surface area (Å²) in [6.45, 7) is 1.95. The number of hydrogen-bond donors (Lipinski definition) is 3. The molecule has 0 saturated carbocycles. The SMILES string of the molecule is CCONC(=O)c1cnc(Nc2cccc(F)n2)cc1Nc1ccc(Cl)cc1N(C)S(C)(=O)=O. The number of nitrogens with zero attached hydrogens (tertiary/aromatic N) is 3. The molecule has 34 heavy (non-hydrogen) atoms. The van der Waals surface area contributed by atoms with Crippen molar-refractivity contribution >= 4 is 56.2 Å². The maximum Gasteiger partial charge on any atom is 0.278 e. The van der Waals surface area contributed by atoms with E-state index in [0.29, 0.717) is 10.7 Å². The maximum absolute atomic E-state index is 13.5. The molecule has 1 amide bonds. The first-order valence-electron chi connectivity index (χ1n) is 9.90. The summed E-state index contributed by atoms with van der Waals surface area (Å²) in [5.74, 6) is -0.806. The zero-order valence-corrected chi connectivity index (χ0v) is 20.0. The second-order valence-electron chi connectivity index (χ2n) is 6.97. The summed E-state index contributed by atoms with van der Waals surface area (Å²) in [4.78, 5) is 25.5. The van der Waals surface area contributed by atoms with E-state index in [-0.39, 0.29) is 35.2 Å². The third-order valence-electron chi connectivity index (χ3n) is 4.49. The summed E-state index contributed by atoms with van der Waals surface area (Å²) in [7, 11) is -2.23. The molecule has 0 aliphatic carbocycles. The van der Waals surface area contributed by atoms with Crippen molar-refractivity contribution in [3.05, 3.63) is 65.2 Å². The van der Waals surface area contributed by atoms with Gasteiger partial charge in [-0.05, 0) is 37.3 Å². The average molecular weight is 509 g/mol. The predicted molar refractivity (Wildman–Crippen MR) is 129 cm³/mol. The number of carbonyl (C=O) groups excluding carboxylic acids is 1. The number of nitrogens with one attached hydrogen (secondary N) is 3. The molecule has 0 bridgehead atoms. The van der Waals surface area contributed by atoms with Gasteiger partial charge in [-0.2, -0.15) is 4.39 Å². The van der Waals surface area contributed by atoms with E-state index in [4.69, 9.17) is 16.4 Å². The number of hydroxylamine groups is 1. The topological polar surface area (TPSA) is 126 Å². The molecule has 0 saturated heterocycles. The van der Waals surface area contributed by atoms with Crippen molar-refractivity contribution in [3.63, 3.8) is 0 Å². The largest absolute Gasteiger partial charge is 0.353 e. The van der Waals surface area contributed by atoms with Gasteiger partial charge < -0.3 is 10.6 Å². The lowest BCUT2D eigenvalue weighted by atomic mass is 10.2. The van der Waals surface area contributed by atoms with Gasteiger partial charge in [-0.25, -0.2) is 23.9 Å². The number of anilines is 5. The minimum atomic E-state index is -3.61. The van der Waals surface area contributed by atoms with E-state index in [1.165, 1.54) is 37.5 Å². The number of amides is 1. The molecular formula is C21H22ClFN6O4S. The molecule has 0 atom stereocenters. The fourth-order valence-electron chi connectivity index (χ4n) is 2.80. The van der Waals surface area contributed by atoms with Crippen LogP contribution in [0.25, 0.3) is 0 Å². The van der Waals surface area contributed by atoms with E-state index in [9.17, 15) is 17.6 Å². The minimum absolute atomic E-state index is 0.106. The summed E-state index contributed by atoms with van der Waals surface area (Å²) >= 11 is 6.09. The van der Waals surface area contributed by atoms with Crippen molar-refractivity contribution in [2.75, 3.05) is 34.8 Å². The first-order chi connectivity index (χ1) is 16.1. The number of pyridine rings is 2. The Morgan fingerprint density at radius 2 is 1.91 bits per heavy atom. The van der Waals surface area contributed by atoms with Gasteiger partial charge >= 0.3 is 0 Å². The second-order valence-corrected chi connectivity index (χ2v) is 9.42. The van der Waals surface area contributed by atoms with Gasteiger partial charge in [0.1, 0.15) is 11.6 Å². The van der Waals surface area contributed by atoms with Crippen LogP contribution in [0, 0.1) is 5.95 Å². The summed E-state index contributed by atoms with van der Waals surface area (Å²) in [5, 5.41) is 6.24. The Morgan fingerprint density at radius 3 is 2.59 bits per heavy atom. The molecule has 3 N–H and O–H groups in total. The van der Waals surface area contributed by atoms with Crippen molar-refractivity contribution in [3.8, 4) is 0 Å². The Balaban J connectivity index is 2.05. The summed E-state index contributed by atoms with van der Waals surface area (Å²) < 4.78 is 38.8. The molecule has 1 aromatic carbocycles. The third kappa shape index (κ3) is 6.31. The van der Waals surface area contributed by atoms with Crippen LogP contribution in [-0.4, -0.2) is 44.2 Å². The van der Waals surface area contributed by atoms with Crippen LogP contribution in [-0.2, 0) is 14.9 Å². The molecule has 2 aromatic heterocycles. The molecule has 0 fully saturated rings. The highest BCUT2D eigenvalue weighted by molar-refractivity contribution is 7.92. The second kappa shape index (κ2) is 10.6. The van der Waals surface area contributed by atoms with E-state index in [2.05, 4.69) is 26.1 Å². The van der Waals surface area contributed by atoms with E-state index in [1.807, 2.05) is 0 Å². The fourth-order valence-corrected chi connectivity index (χ4v) is 3.48. The van der Waals surface area contributed by atoms with Gasteiger partial charge in [-0.15, -0.1) is 0 Å². The van der Waals surface area contributed by atoms with Gasteiger partial charge in [-0.1, -0.05) is 17.7 Å². The Kier molecular flexibility index (Phi) is 7.87. The van der Waals surface area contributed by atoms with E-state index < -0.39 is 21.9 Å². The molecule has 0 spiro atoms. The Hall–Kier alpha value is -3.48. The van der Waals surface area contributed by atoms with E-state index >= 15 is 0 Å². The van der Waals surface area contributed by atoms with Crippen LogP contribution in [0.3, 0.4) is 0 Å². The smallest absolute Gasteiger partial charge is 0.278 e. The van der Waals surface area contributed by atoms with Crippen LogP contribution in [0.15, 0.2) is 48.7 Å². The molecule has 180 valence electrons. The quantitative estimate of drug-likeness (QED) is 0.294. The number of sulfonamides is 1. The van der Waals surface area contributed by atoms with Crippen LogP contribution in [0.1, 0.15) is 17.3 Å². The van der Waals surface area contributed by atoms with Crippen LogP contribution in [0.5, 0.6) is 0 Å². The van der Waals surface area contributed by atoms with Crippen molar-refractivity contribution in [1.29, 1.82) is 0 Å². The Labute approximate surface area is 201 Å². The molecule has 0 aliphatic heterocycles. The monoisotopic (exact) mass is 508 g/mol. The van der Waals surface area contributed by atoms with Crippen LogP contribution in [0.2, 0.25) is 5.02 Å². The molecule has 0 radical (unpaired) electrons.